The van der Waals surface area contributed by atoms with Crippen molar-refractivity contribution in [3.8, 4) is 0 Å². The molecule has 74 valence electrons. The lowest BCUT2D eigenvalue weighted by molar-refractivity contribution is -0.128. The molecule has 0 spiro atoms. The van der Waals surface area contributed by atoms with Gasteiger partial charge in [0.25, 0.3) is 0 Å². The Hall–Kier alpha value is -1.06. The fraction of sp³-hybridized carbons (Fsp3) is 0.778. The summed E-state index contributed by atoms with van der Waals surface area (Å²) in [6.07, 6.45) is 2.40. The number of nitrogens with two attached hydrogens (primary N) is 1. The van der Waals surface area contributed by atoms with Crippen LogP contribution >= 0.6 is 0 Å². The normalized spacial score (nSPS) is 29.0. The maximum absolute atomic E-state index is 11.5. The van der Waals surface area contributed by atoms with Gasteiger partial charge in [0, 0.05) is 7.05 Å². The first-order chi connectivity index (χ1) is 5.98. The molecule has 13 heavy (non-hydrogen) atoms. The van der Waals surface area contributed by atoms with Crippen LogP contribution in [0.3, 0.4) is 0 Å². The van der Waals surface area contributed by atoms with E-state index in [0.717, 1.165) is 12.8 Å². The quantitative estimate of drug-likeness (QED) is 0.685. The van der Waals surface area contributed by atoms with E-state index in [2.05, 4.69) is 11.9 Å². The Labute approximate surface area is 78.8 Å². The van der Waals surface area contributed by atoms with E-state index >= 15 is 0 Å². The minimum Gasteiger partial charge on any atom is -0.369 e. The van der Waals surface area contributed by atoms with E-state index in [0.29, 0.717) is 12.4 Å². The van der Waals surface area contributed by atoms with Crippen LogP contribution in [0.2, 0.25) is 0 Å². The highest BCUT2D eigenvalue weighted by atomic mass is 16.2. The van der Waals surface area contributed by atoms with Crippen molar-refractivity contribution in [1.82, 2.24) is 4.90 Å². The summed E-state index contributed by atoms with van der Waals surface area (Å²) < 4.78 is 0. The third kappa shape index (κ3) is 1.99. The topological polar surface area (TPSA) is 58.7 Å². The van der Waals surface area contributed by atoms with Crippen molar-refractivity contribution < 1.29 is 4.79 Å². The molecule has 0 bridgehead atoms. The van der Waals surface area contributed by atoms with Gasteiger partial charge in [-0.2, -0.15) is 0 Å². The van der Waals surface area contributed by atoms with Crippen LogP contribution in [0.15, 0.2) is 4.99 Å². The second kappa shape index (κ2) is 3.36. The Morgan fingerprint density at radius 1 is 1.69 bits per heavy atom. The van der Waals surface area contributed by atoms with Crippen LogP contribution in [0.25, 0.3) is 0 Å². The van der Waals surface area contributed by atoms with Crippen LogP contribution in [0.5, 0.6) is 0 Å². The van der Waals surface area contributed by atoms with E-state index in [9.17, 15) is 4.79 Å². The highest BCUT2D eigenvalue weighted by molar-refractivity contribution is 5.98. The zero-order chi connectivity index (χ0) is 10.1. The van der Waals surface area contributed by atoms with Crippen LogP contribution in [-0.4, -0.2) is 29.4 Å². The highest BCUT2D eigenvalue weighted by Crippen LogP contribution is 2.26. The lowest BCUT2D eigenvalue weighted by Gasteiger charge is -2.32. The van der Waals surface area contributed by atoms with Gasteiger partial charge in [-0.25, -0.2) is 4.99 Å². The molecule has 4 heteroatoms. The molecule has 0 aliphatic carbocycles. The lowest BCUT2D eigenvalue weighted by Crippen LogP contribution is -2.48. The van der Waals surface area contributed by atoms with Crippen LogP contribution < -0.4 is 5.73 Å². The first-order valence-electron chi connectivity index (χ1n) is 4.60. The van der Waals surface area contributed by atoms with E-state index < -0.39 is 0 Å². The summed E-state index contributed by atoms with van der Waals surface area (Å²) in [7, 11) is 1.66. The van der Waals surface area contributed by atoms with Gasteiger partial charge in [0.1, 0.15) is 0 Å². The first kappa shape index (κ1) is 10.0. The number of amides is 1. The maximum atomic E-state index is 11.5. The summed E-state index contributed by atoms with van der Waals surface area (Å²) in [5, 5.41) is 0. The molecule has 2 N–H and O–H groups in total. The fourth-order valence-corrected chi connectivity index (χ4v) is 1.65. The molecular weight excluding hydrogens is 166 g/mol. The minimum atomic E-state index is -0.275. The van der Waals surface area contributed by atoms with Crippen LogP contribution in [0.4, 0.5) is 0 Å². The average Bonchev–Trinajstić information content (AvgIpc) is 2.00. The van der Waals surface area contributed by atoms with Crippen molar-refractivity contribution in [1.29, 1.82) is 0 Å². The first-order valence-corrected chi connectivity index (χ1v) is 4.60. The van der Waals surface area contributed by atoms with Gasteiger partial charge in [0.2, 0.25) is 5.91 Å². The second-order valence-electron chi connectivity index (χ2n) is 3.85. The van der Waals surface area contributed by atoms with Crippen molar-refractivity contribution in [2.75, 3.05) is 7.05 Å². The van der Waals surface area contributed by atoms with E-state index in [1.54, 1.807) is 7.05 Å². The Kier molecular flexibility index (Phi) is 2.59. The summed E-state index contributed by atoms with van der Waals surface area (Å²) in [6, 6.07) is 0. The monoisotopic (exact) mass is 183 g/mol. The van der Waals surface area contributed by atoms with Gasteiger partial charge in [0.05, 0.1) is 12.0 Å². The van der Waals surface area contributed by atoms with Gasteiger partial charge in [-0.05, 0) is 13.3 Å². The number of carbonyl (C=O) groups is 1. The summed E-state index contributed by atoms with van der Waals surface area (Å²) in [4.78, 5) is 17.2. The Morgan fingerprint density at radius 2 is 2.31 bits per heavy atom. The Morgan fingerprint density at radius 3 is 2.77 bits per heavy atom. The molecule has 1 atom stereocenters. The number of guanidine groups is 1. The van der Waals surface area contributed by atoms with Gasteiger partial charge in [-0.15, -0.1) is 0 Å². The molecule has 1 aliphatic heterocycles. The van der Waals surface area contributed by atoms with E-state index in [1.165, 1.54) is 4.90 Å². The van der Waals surface area contributed by atoms with Gasteiger partial charge in [-0.3, -0.25) is 9.69 Å². The molecule has 0 fully saturated rings. The minimum absolute atomic E-state index is 0.0588. The molecule has 0 radical (unpaired) electrons. The number of rotatable bonds is 2. The standard InChI is InChI=1S/C9H17N3O/c1-4-5-9(2)6-7(13)12(3)8(10)11-9/h4-6H2,1-3H3,(H2,10,11). The van der Waals surface area contributed by atoms with Crippen molar-refractivity contribution in [3.05, 3.63) is 0 Å². The van der Waals surface area contributed by atoms with Crippen LogP contribution in [-0.2, 0) is 4.79 Å². The Bertz CT molecular complexity index is 249. The van der Waals surface area contributed by atoms with Crippen molar-refractivity contribution >= 4 is 11.9 Å². The molecular formula is C9H17N3O. The third-order valence-electron chi connectivity index (χ3n) is 2.42. The molecule has 0 aromatic rings. The SMILES string of the molecule is CCCC1(C)CC(=O)N(C)C(N)=N1. The summed E-state index contributed by atoms with van der Waals surface area (Å²) >= 11 is 0. The van der Waals surface area contributed by atoms with Crippen LogP contribution in [0.1, 0.15) is 33.1 Å². The highest BCUT2D eigenvalue weighted by Gasteiger charge is 2.33. The van der Waals surface area contributed by atoms with Gasteiger partial charge >= 0.3 is 0 Å². The number of hydrogen-bond donors (Lipinski definition) is 1. The Balaban J connectivity index is 2.87. The molecule has 0 aromatic carbocycles. The van der Waals surface area contributed by atoms with E-state index in [-0.39, 0.29) is 11.4 Å². The van der Waals surface area contributed by atoms with Crippen molar-refractivity contribution in [3.63, 3.8) is 0 Å². The molecule has 1 unspecified atom stereocenters. The predicted molar refractivity (Wildman–Crippen MR) is 52.3 cm³/mol. The van der Waals surface area contributed by atoms with Gasteiger partial charge < -0.3 is 5.73 Å². The van der Waals surface area contributed by atoms with E-state index in [4.69, 9.17) is 5.73 Å². The maximum Gasteiger partial charge on any atom is 0.231 e. The van der Waals surface area contributed by atoms with Gasteiger partial charge in [0.15, 0.2) is 5.96 Å². The lowest BCUT2D eigenvalue weighted by atomic mass is 9.91. The number of hydrogen-bond acceptors (Lipinski definition) is 3. The van der Waals surface area contributed by atoms with Gasteiger partial charge in [-0.1, -0.05) is 13.3 Å². The zero-order valence-electron chi connectivity index (χ0n) is 8.50. The fourth-order valence-electron chi connectivity index (χ4n) is 1.65. The van der Waals surface area contributed by atoms with Crippen molar-refractivity contribution in [2.24, 2.45) is 10.7 Å². The average molecular weight is 183 g/mol. The molecule has 0 saturated heterocycles. The van der Waals surface area contributed by atoms with Crippen LogP contribution in [0, 0.1) is 0 Å². The summed E-state index contributed by atoms with van der Waals surface area (Å²) in [5.74, 6) is 0.399. The number of aliphatic imine (C=N–C) groups is 1. The van der Waals surface area contributed by atoms with Crippen molar-refractivity contribution in [2.45, 2.75) is 38.6 Å². The molecule has 0 saturated carbocycles. The second-order valence-corrected chi connectivity index (χ2v) is 3.85. The molecule has 4 nitrogen and oxygen atoms in total. The number of carbonyl (C=O) groups excluding carboxylic acids is 1. The molecule has 1 amide bonds. The molecule has 1 aliphatic rings. The molecule has 1 rings (SSSR count). The number of nitrogens with zero attached hydrogens (tertiary/aromatic N) is 2. The summed E-state index contributed by atoms with van der Waals surface area (Å²) in [5.41, 5.74) is 5.35. The van der Waals surface area contributed by atoms with E-state index in [1.807, 2.05) is 6.92 Å². The smallest absolute Gasteiger partial charge is 0.231 e. The predicted octanol–water partition coefficient (Wildman–Crippen LogP) is 0.722. The zero-order valence-corrected chi connectivity index (χ0v) is 8.50. The largest absolute Gasteiger partial charge is 0.369 e. The molecule has 0 aromatic heterocycles. The third-order valence-corrected chi connectivity index (χ3v) is 2.42. The molecule has 1 heterocycles. The summed E-state index contributed by atoms with van der Waals surface area (Å²) in [6.45, 7) is 4.06.